The summed E-state index contributed by atoms with van der Waals surface area (Å²) >= 11 is 0. The van der Waals surface area contributed by atoms with Gasteiger partial charge in [0.15, 0.2) is 5.96 Å². The maximum Gasteiger partial charge on any atom is 0.194 e. The Morgan fingerprint density at radius 3 is 2.47 bits per heavy atom. The van der Waals surface area contributed by atoms with E-state index < -0.39 is 0 Å². The summed E-state index contributed by atoms with van der Waals surface area (Å²) in [6, 6.07) is 10.8. The standard InChI is InChI=1S/C11H15N3.HI/c1-14(2)11-12-8-10(13-11)9-6-4-3-5-7-9;/h3-7,10H,8H2,1-2H3,(H,12,13);1H. The molecule has 1 heterocycles. The van der Waals surface area contributed by atoms with Gasteiger partial charge in [-0.3, -0.25) is 4.99 Å². The fourth-order valence-corrected chi connectivity index (χ4v) is 1.57. The SMILES string of the molecule is CN(C)C1=NCC(c2ccccc2)N1.I. The summed E-state index contributed by atoms with van der Waals surface area (Å²) < 4.78 is 0. The van der Waals surface area contributed by atoms with Gasteiger partial charge in [-0.05, 0) is 5.56 Å². The molecule has 82 valence electrons. The van der Waals surface area contributed by atoms with E-state index in [0.717, 1.165) is 12.5 Å². The van der Waals surface area contributed by atoms with Crippen LogP contribution in [0.25, 0.3) is 0 Å². The molecule has 0 radical (unpaired) electrons. The van der Waals surface area contributed by atoms with Crippen molar-refractivity contribution in [2.45, 2.75) is 6.04 Å². The molecule has 0 fully saturated rings. The lowest BCUT2D eigenvalue weighted by molar-refractivity contribution is 0.583. The van der Waals surface area contributed by atoms with Crippen LogP contribution in [0.3, 0.4) is 0 Å². The van der Waals surface area contributed by atoms with Crippen molar-refractivity contribution in [1.29, 1.82) is 0 Å². The minimum atomic E-state index is 0. The molecule has 0 aliphatic carbocycles. The van der Waals surface area contributed by atoms with Crippen LogP contribution < -0.4 is 5.32 Å². The van der Waals surface area contributed by atoms with Gasteiger partial charge in [0, 0.05) is 14.1 Å². The molecular weight excluding hydrogens is 301 g/mol. The van der Waals surface area contributed by atoms with Crippen LogP contribution >= 0.6 is 24.0 Å². The van der Waals surface area contributed by atoms with Crippen molar-refractivity contribution in [2.75, 3.05) is 20.6 Å². The minimum absolute atomic E-state index is 0. The highest BCUT2D eigenvalue weighted by Crippen LogP contribution is 2.16. The number of rotatable bonds is 1. The molecule has 1 aliphatic rings. The van der Waals surface area contributed by atoms with Gasteiger partial charge >= 0.3 is 0 Å². The van der Waals surface area contributed by atoms with Gasteiger partial charge in [-0.25, -0.2) is 0 Å². The second-order valence-electron chi connectivity index (χ2n) is 3.67. The van der Waals surface area contributed by atoms with Crippen molar-refractivity contribution in [1.82, 2.24) is 10.2 Å². The number of benzene rings is 1. The third-order valence-corrected chi connectivity index (χ3v) is 2.35. The highest BCUT2D eigenvalue weighted by atomic mass is 127. The first-order valence-electron chi connectivity index (χ1n) is 4.80. The molecule has 0 bridgehead atoms. The Morgan fingerprint density at radius 2 is 1.93 bits per heavy atom. The molecular formula is C11H16IN3. The summed E-state index contributed by atoms with van der Waals surface area (Å²) in [5, 5.41) is 3.38. The summed E-state index contributed by atoms with van der Waals surface area (Å²) in [7, 11) is 4.00. The van der Waals surface area contributed by atoms with E-state index in [1.165, 1.54) is 5.56 Å². The predicted molar refractivity (Wildman–Crippen MR) is 73.7 cm³/mol. The van der Waals surface area contributed by atoms with Gasteiger partial charge in [-0.15, -0.1) is 24.0 Å². The van der Waals surface area contributed by atoms with Gasteiger partial charge in [0.2, 0.25) is 0 Å². The van der Waals surface area contributed by atoms with Gasteiger partial charge in [-0.1, -0.05) is 30.3 Å². The number of halogens is 1. The van der Waals surface area contributed by atoms with E-state index >= 15 is 0 Å². The molecule has 1 aromatic rings. The fourth-order valence-electron chi connectivity index (χ4n) is 1.57. The highest BCUT2D eigenvalue weighted by Gasteiger charge is 2.19. The van der Waals surface area contributed by atoms with Gasteiger partial charge in [-0.2, -0.15) is 0 Å². The summed E-state index contributed by atoms with van der Waals surface area (Å²) in [6.45, 7) is 0.831. The van der Waals surface area contributed by atoms with Gasteiger partial charge in [0.25, 0.3) is 0 Å². The lowest BCUT2D eigenvalue weighted by Gasteiger charge is -2.16. The summed E-state index contributed by atoms with van der Waals surface area (Å²) in [4.78, 5) is 6.43. The molecule has 0 saturated heterocycles. The molecule has 1 unspecified atom stereocenters. The number of aliphatic imine (C=N–C) groups is 1. The molecule has 0 amide bonds. The number of nitrogens with zero attached hydrogens (tertiary/aromatic N) is 2. The van der Waals surface area contributed by atoms with E-state index in [0.29, 0.717) is 6.04 Å². The number of guanidine groups is 1. The Labute approximate surface area is 108 Å². The van der Waals surface area contributed by atoms with Gasteiger partial charge in [0.05, 0.1) is 12.6 Å². The predicted octanol–water partition coefficient (Wildman–Crippen LogP) is 1.87. The van der Waals surface area contributed by atoms with E-state index in [4.69, 9.17) is 0 Å². The smallest absolute Gasteiger partial charge is 0.194 e. The Balaban J connectivity index is 0.00000112. The highest BCUT2D eigenvalue weighted by molar-refractivity contribution is 14.0. The van der Waals surface area contributed by atoms with Crippen molar-refractivity contribution >= 4 is 29.9 Å². The average Bonchev–Trinajstić information content (AvgIpc) is 2.68. The van der Waals surface area contributed by atoms with Crippen molar-refractivity contribution in [3.8, 4) is 0 Å². The topological polar surface area (TPSA) is 27.6 Å². The van der Waals surface area contributed by atoms with Crippen LogP contribution in [0.5, 0.6) is 0 Å². The summed E-state index contributed by atoms with van der Waals surface area (Å²) in [5.41, 5.74) is 1.30. The normalized spacial score (nSPS) is 18.8. The Morgan fingerprint density at radius 1 is 1.27 bits per heavy atom. The molecule has 3 nitrogen and oxygen atoms in total. The molecule has 1 aliphatic heterocycles. The van der Waals surface area contributed by atoms with Crippen LogP contribution in [0.1, 0.15) is 11.6 Å². The van der Waals surface area contributed by atoms with Crippen LogP contribution in [0.4, 0.5) is 0 Å². The maximum atomic E-state index is 4.42. The first-order valence-corrected chi connectivity index (χ1v) is 4.80. The molecule has 0 aromatic heterocycles. The second-order valence-corrected chi connectivity index (χ2v) is 3.67. The molecule has 4 heteroatoms. The number of nitrogens with one attached hydrogen (secondary N) is 1. The molecule has 2 rings (SSSR count). The lowest BCUT2D eigenvalue weighted by Crippen LogP contribution is -2.34. The van der Waals surface area contributed by atoms with Crippen molar-refractivity contribution in [2.24, 2.45) is 4.99 Å². The zero-order chi connectivity index (χ0) is 9.97. The van der Waals surface area contributed by atoms with Crippen molar-refractivity contribution < 1.29 is 0 Å². The van der Waals surface area contributed by atoms with E-state index in [2.05, 4.69) is 34.6 Å². The van der Waals surface area contributed by atoms with Gasteiger partial charge < -0.3 is 10.2 Å². The van der Waals surface area contributed by atoms with Gasteiger partial charge in [0.1, 0.15) is 0 Å². The molecule has 0 spiro atoms. The number of hydrogen-bond donors (Lipinski definition) is 1. The Kier molecular flexibility index (Phi) is 4.38. The zero-order valence-corrected chi connectivity index (χ0v) is 11.3. The molecule has 0 saturated carbocycles. The Hall–Kier alpha value is -0.780. The monoisotopic (exact) mass is 317 g/mol. The molecule has 1 atom stereocenters. The maximum absolute atomic E-state index is 4.42. The van der Waals surface area contributed by atoms with Crippen molar-refractivity contribution in [3.05, 3.63) is 35.9 Å². The zero-order valence-electron chi connectivity index (χ0n) is 8.97. The average molecular weight is 317 g/mol. The second kappa shape index (κ2) is 5.34. The first kappa shape index (κ1) is 12.3. The van der Waals surface area contributed by atoms with E-state index in [9.17, 15) is 0 Å². The van der Waals surface area contributed by atoms with Crippen LogP contribution in [0.2, 0.25) is 0 Å². The summed E-state index contributed by atoms with van der Waals surface area (Å²) in [6.07, 6.45) is 0. The van der Waals surface area contributed by atoms with E-state index in [-0.39, 0.29) is 24.0 Å². The largest absolute Gasteiger partial charge is 0.349 e. The van der Waals surface area contributed by atoms with E-state index in [1.54, 1.807) is 0 Å². The molecule has 1 aromatic carbocycles. The minimum Gasteiger partial charge on any atom is -0.349 e. The first-order chi connectivity index (χ1) is 6.77. The fraction of sp³-hybridized carbons (Fsp3) is 0.364. The third-order valence-electron chi connectivity index (χ3n) is 2.35. The Bertz CT molecular complexity index is 335. The van der Waals surface area contributed by atoms with E-state index in [1.807, 2.05) is 25.1 Å². The quantitative estimate of drug-likeness (QED) is 0.801. The number of hydrogen-bond acceptors (Lipinski definition) is 3. The molecule has 15 heavy (non-hydrogen) atoms. The van der Waals surface area contributed by atoms with Crippen LogP contribution in [0, 0.1) is 0 Å². The molecule has 1 N–H and O–H groups in total. The van der Waals surface area contributed by atoms with Crippen LogP contribution in [0.15, 0.2) is 35.3 Å². The van der Waals surface area contributed by atoms with Crippen LogP contribution in [-0.4, -0.2) is 31.5 Å². The van der Waals surface area contributed by atoms with Crippen LogP contribution in [-0.2, 0) is 0 Å². The lowest BCUT2D eigenvalue weighted by atomic mass is 10.1. The third kappa shape index (κ3) is 2.84. The van der Waals surface area contributed by atoms with Crippen molar-refractivity contribution in [3.63, 3.8) is 0 Å². The summed E-state index contributed by atoms with van der Waals surface area (Å²) in [5.74, 6) is 0.971.